The van der Waals surface area contributed by atoms with Gasteiger partial charge in [-0.25, -0.2) is 0 Å². The summed E-state index contributed by atoms with van der Waals surface area (Å²) < 4.78 is 5.27. The second kappa shape index (κ2) is 5.45. The third-order valence-corrected chi connectivity index (χ3v) is 3.31. The number of hydrogen-bond donors (Lipinski definition) is 1. The van der Waals surface area contributed by atoms with Crippen LogP contribution in [0.15, 0.2) is 18.2 Å². The highest BCUT2D eigenvalue weighted by Gasteiger charge is 2.14. The minimum absolute atomic E-state index is 0.630. The molecule has 4 nitrogen and oxygen atoms in total. The van der Waals surface area contributed by atoms with Crippen LogP contribution >= 0.6 is 0 Å². The van der Waals surface area contributed by atoms with Gasteiger partial charge in [-0.1, -0.05) is 0 Å². The molecule has 0 aliphatic rings. The van der Waals surface area contributed by atoms with Crippen molar-refractivity contribution < 1.29 is 4.74 Å². The van der Waals surface area contributed by atoms with Crippen LogP contribution in [0.1, 0.15) is 11.3 Å². The first kappa shape index (κ1) is 13.6. The fourth-order valence-corrected chi connectivity index (χ4v) is 2.47. The first-order valence-electron chi connectivity index (χ1n) is 6.43. The van der Waals surface area contributed by atoms with E-state index < -0.39 is 0 Å². The van der Waals surface area contributed by atoms with Crippen molar-refractivity contribution in [2.45, 2.75) is 13.3 Å². The third kappa shape index (κ3) is 2.49. The van der Waals surface area contributed by atoms with Gasteiger partial charge in [0.05, 0.1) is 18.3 Å². The fraction of sp³-hybridized carbons (Fsp3) is 0.400. The van der Waals surface area contributed by atoms with Gasteiger partial charge in [0.25, 0.3) is 0 Å². The molecule has 2 N–H and O–H groups in total. The van der Waals surface area contributed by atoms with Gasteiger partial charge in [-0.15, -0.1) is 0 Å². The monoisotopic (exact) mass is 259 g/mol. The Balaban J connectivity index is 2.76. The molecule has 0 saturated carbocycles. The molecule has 0 spiro atoms. The molecule has 1 aromatic heterocycles. The van der Waals surface area contributed by atoms with Crippen molar-refractivity contribution in [3.05, 3.63) is 29.5 Å². The lowest BCUT2D eigenvalue weighted by Gasteiger charge is -2.21. The summed E-state index contributed by atoms with van der Waals surface area (Å²) in [5.74, 6) is 0.829. The van der Waals surface area contributed by atoms with Gasteiger partial charge < -0.3 is 15.4 Å². The standard InChI is InChI=1S/C15H21N3O/c1-10-12(7-8-16)15(18(2)3)13-6-5-11(19-4)9-14(13)17-10/h5-6,9H,7-8,16H2,1-4H3. The number of benzene rings is 1. The molecule has 1 aromatic carbocycles. The summed E-state index contributed by atoms with van der Waals surface area (Å²) in [6.45, 7) is 2.67. The fourth-order valence-electron chi connectivity index (χ4n) is 2.47. The number of hydrogen-bond acceptors (Lipinski definition) is 4. The lowest BCUT2D eigenvalue weighted by Crippen LogP contribution is -2.16. The zero-order valence-corrected chi connectivity index (χ0v) is 12.0. The minimum atomic E-state index is 0.630. The number of anilines is 1. The molecule has 0 bridgehead atoms. The maximum absolute atomic E-state index is 5.72. The van der Waals surface area contributed by atoms with Gasteiger partial charge in [0.1, 0.15) is 5.75 Å². The summed E-state index contributed by atoms with van der Waals surface area (Å²) in [4.78, 5) is 6.82. The minimum Gasteiger partial charge on any atom is -0.497 e. The van der Waals surface area contributed by atoms with Crippen LogP contribution < -0.4 is 15.4 Å². The van der Waals surface area contributed by atoms with Crippen LogP contribution in [0, 0.1) is 6.92 Å². The maximum atomic E-state index is 5.72. The molecule has 2 rings (SSSR count). The van der Waals surface area contributed by atoms with Crippen LogP contribution in [0.25, 0.3) is 10.9 Å². The van der Waals surface area contributed by atoms with Gasteiger partial charge in [0.2, 0.25) is 0 Å². The van der Waals surface area contributed by atoms with Crippen molar-refractivity contribution in [1.29, 1.82) is 0 Å². The van der Waals surface area contributed by atoms with Gasteiger partial charge in [-0.2, -0.15) is 0 Å². The van der Waals surface area contributed by atoms with Crippen molar-refractivity contribution in [3.63, 3.8) is 0 Å². The number of nitrogens with two attached hydrogens (primary N) is 1. The second-order valence-corrected chi connectivity index (χ2v) is 4.84. The normalized spacial score (nSPS) is 10.8. The highest BCUT2D eigenvalue weighted by molar-refractivity contribution is 5.94. The number of aromatic nitrogens is 1. The van der Waals surface area contributed by atoms with Crippen LogP contribution in [0.2, 0.25) is 0 Å². The Kier molecular flexibility index (Phi) is 3.90. The first-order valence-corrected chi connectivity index (χ1v) is 6.43. The second-order valence-electron chi connectivity index (χ2n) is 4.84. The first-order chi connectivity index (χ1) is 9.08. The lowest BCUT2D eigenvalue weighted by atomic mass is 10.0. The number of pyridine rings is 1. The molecule has 0 radical (unpaired) electrons. The predicted molar refractivity (Wildman–Crippen MR) is 80.1 cm³/mol. The molecule has 0 amide bonds. The number of methoxy groups -OCH3 is 1. The molecule has 0 aliphatic heterocycles. The van der Waals surface area contributed by atoms with E-state index in [0.717, 1.165) is 28.8 Å². The Labute approximate surface area is 114 Å². The third-order valence-electron chi connectivity index (χ3n) is 3.31. The van der Waals surface area contributed by atoms with Crippen molar-refractivity contribution in [2.75, 3.05) is 32.6 Å². The van der Waals surface area contributed by atoms with Gasteiger partial charge in [-0.3, -0.25) is 4.98 Å². The van der Waals surface area contributed by atoms with Crippen LogP contribution in [0.4, 0.5) is 5.69 Å². The Bertz CT molecular complexity index is 593. The summed E-state index contributed by atoms with van der Waals surface area (Å²) in [6.07, 6.45) is 0.842. The number of nitrogens with zero attached hydrogens (tertiary/aromatic N) is 2. The molecule has 0 unspecified atom stereocenters. The number of aryl methyl sites for hydroxylation is 1. The molecule has 0 atom stereocenters. The van der Waals surface area contributed by atoms with Gasteiger partial charge in [-0.05, 0) is 37.6 Å². The number of ether oxygens (including phenoxy) is 1. The van der Waals surface area contributed by atoms with Crippen molar-refractivity contribution in [2.24, 2.45) is 5.73 Å². The average molecular weight is 259 g/mol. The zero-order valence-electron chi connectivity index (χ0n) is 12.0. The van der Waals surface area contributed by atoms with E-state index in [1.54, 1.807) is 7.11 Å². The van der Waals surface area contributed by atoms with E-state index >= 15 is 0 Å². The molecule has 0 aliphatic carbocycles. The summed E-state index contributed by atoms with van der Waals surface area (Å²) in [5, 5.41) is 1.14. The molecule has 0 fully saturated rings. The van der Waals surface area contributed by atoms with Crippen LogP contribution in [-0.2, 0) is 6.42 Å². The Morgan fingerprint density at radius 3 is 2.63 bits per heavy atom. The van der Waals surface area contributed by atoms with E-state index in [4.69, 9.17) is 10.5 Å². The number of fused-ring (bicyclic) bond motifs is 1. The van der Waals surface area contributed by atoms with E-state index in [0.29, 0.717) is 6.54 Å². The van der Waals surface area contributed by atoms with Crippen molar-refractivity contribution >= 4 is 16.6 Å². The summed E-state index contributed by atoms with van der Waals surface area (Å²) in [6, 6.07) is 6.01. The Morgan fingerprint density at radius 2 is 2.05 bits per heavy atom. The molecule has 19 heavy (non-hydrogen) atoms. The Hall–Kier alpha value is -1.81. The lowest BCUT2D eigenvalue weighted by molar-refractivity contribution is 0.415. The molecule has 1 heterocycles. The molecule has 0 saturated heterocycles. The SMILES string of the molecule is COc1ccc2c(N(C)C)c(CCN)c(C)nc2c1. The molecule has 4 heteroatoms. The molecular formula is C15H21N3O. The predicted octanol–water partition coefficient (Wildman–Crippen LogP) is 2.12. The largest absolute Gasteiger partial charge is 0.497 e. The summed E-state index contributed by atoms with van der Waals surface area (Å²) in [7, 11) is 5.78. The van der Waals surface area contributed by atoms with Crippen LogP contribution in [0.3, 0.4) is 0 Å². The van der Waals surface area contributed by atoms with E-state index in [-0.39, 0.29) is 0 Å². The highest BCUT2D eigenvalue weighted by Crippen LogP contribution is 2.32. The molecule has 2 aromatic rings. The van der Waals surface area contributed by atoms with Gasteiger partial charge in [0, 0.05) is 31.2 Å². The zero-order chi connectivity index (χ0) is 14.0. The summed E-state index contributed by atoms with van der Waals surface area (Å²) in [5.41, 5.74) is 10.1. The maximum Gasteiger partial charge on any atom is 0.121 e. The van der Waals surface area contributed by atoms with Crippen molar-refractivity contribution in [3.8, 4) is 5.75 Å². The molecule has 102 valence electrons. The van der Waals surface area contributed by atoms with Gasteiger partial charge in [0.15, 0.2) is 0 Å². The van der Waals surface area contributed by atoms with Gasteiger partial charge >= 0.3 is 0 Å². The van der Waals surface area contributed by atoms with Crippen LogP contribution in [0.5, 0.6) is 5.75 Å². The van der Waals surface area contributed by atoms with E-state index in [9.17, 15) is 0 Å². The van der Waals surface area contributed by atoms with E-state index in [1.165, 1.54) is 11.3 Å². The quantitative estimate of drug-likeness (QED) is 0.913. The Morgan fingerprint density at radius 1 is 1.32 bits per heavy atom. The topological polar surface area (TPSA) is 51.4 Å². The molecular weight excluding hydrogens is 238 g/mol. The smallest absolute Gasteiger partial charge is 0.121 e. The summed E-state index contributed by atoms with van der Waals surface area (Å²) >= 11 is 0. The van der Waals surface area contributed by atoms with E-state index in [2.05, 4.69) is 30.0 Å². The van der Waals surface area contributed by atoms with Crippen LogP contribution in [-0.4, -0.2) is 32.7 Å². The average Bonchev–Trinajstić information content (AvgIpc) is 2.38. The van der Waals surface area contributed by atoms with Crippen molar-refractivity contribution in [1.82, 2.24) is 4.98 Å². The van der Waals surface area contributed by atoms with E-state index in [1.807, 2.05) is 19.1 Å². The highest BCUT2D eigenvalue weighted by atomic mass is 16.5. The number of rotatable bonds is 4.